The number of hydrogen-bond donors (Lipinski definition) is 0. The zero-order chi connectivity index (χ0) is 13.2. The fraction of sp³-hybridized carbons (Fsp3) is 0.417. The molecule has 0 fully saturated rings. The summed E-state index contributed by atoms with van der Waals surface area (Å²) in [7, 11) is 1.60. The molecule has 1 rings (SSSR count). The second-order valence-electron chi connectivity index (χ2n) is 3.57. The number of azide groups is 1. The topological polar surface area (TPSA) is 84.3 Å². The number of carbonyl (C=O) groups excluding carboxylic acids is 1. The molecule has 0 heterocycles. The van der Waals surface area contributed by atoms with Crippen molar-refractivity contribution in [1.82, 2.24) is 0 Å². The van der Waals surface area contributed by atoms with E-state index in [4.69, 9.17) is 15.0 Å². The normalized spacial score (nSPS) is 9.39. The Labute approximate surface area is 105 Å². The van der Waals surface area contributed by atoms with Gasteiger partial charge < -0.3 is 9.47 Å². The third-order valence-corrected chi connectivity index (χ3v) is 2.26. The molecule has 0 bridgehead atoms. The molecule has 0 atom stereocenters. The van der Waals surface area contributed by atoms with Gasteiger partial charge in [-0.15, -0.1) is 0 Å². The lowest BCUT2D eigenvalue weighted by atomic mass is 10.2. The molecule has 6 heteroatoms. The Morgan fingerprint density at radius 2 is 2.11 bits per heavy atom. The largest absolute Gasteiger partial charge is 0.497 e. The predicted octanol–water partition coefficient (Wildman–Crippen LogP) is 2.83. The van der Waals surface area contributed by atoms with Gasteiger partial charge >= 0.3 is 5.97 Å². The van der Waals surface area contributed by atoms with Gasteiger partial charge in [0.2, 0.25) is 0 Å². The summed E-state index contributed by atoms with van der Waals surface area (Å²) in [5, 5.41) is 3.34. The third kappa shape index (κ3) is 5.23. The molecule has 0 aliphatic heterocycles. The van der Waals surface area contributed by atoms with Crippen molar-refractivity contribution in [2.45, 2.75) is 19.4 Å². The number of hydrogen-bond acceptors (Lipinski definition) is 4. The molecule has 1 aromatic rings. The van der Waals surface area contributed by atoms with Crippen LogP contribution in [0.3, 0.4) is 0 Å². The summed E-state index contributed by atoms with van der Waals surface area (Å²) < 4.78 is 10.1. The van der Waals surface area contributed by atoms with Gasteiger partial charge in [0.15, 0.2) is 0 Å². The van der Waals surface area contributed by atoms with Crippen molar-refractivity contribution < 1.29 is 14.3 Å². The predicted molar refractivity (Wildman–Crippen MR) is 66.0 cm³/mol. The number of carbonyl (C=O) groups is 1. The van der Waals surface area contributed by atoms with Gasteiger partial charge in [0.1, 0.15) is 12.4 Å². The quantitative estimate of drug-likeness (QED) is 0.245. The molecule has 0 unspecified atom stereocenters. The maximum atomic E-state index is 11.3. The van der Waals surface area contributed by atoms with Crippen LogP contribution in [0.5, 0.6) is 5.75 Å². The molecule has 0 saturated heterocycles. The average Bonchev–Trinajstić information content (AvgIpc) is 2.42. The van der Waals surface area contributed by atoms with E-state index in [9.17, 15) is 4.79 Å². The number of ether oxygens (including phenoxy) is 2. The number of nitrogens with zero attached hydrogens (tertiary/aromatic N) is 3. The molecule has 0 aliphatic carbocycles. The van der Waals surface area contributed by atoms with Crippen LogP contribution in [0, 0.1) is 0 Å². The first-order valence-corrected chi connectivity index (χ1v) is 5.55. The zero-order valence-electron chi connectivity index (χ0n) is 10.2. The molecule has 0 saturated carbocycles. The summed E-state index contributed by atoms with van der Waals surface area (Å²) >= 11 is 0. The number of benzene rings is 1. The minimum absolute atomic E-state index is 0.240. The van der Waals surface area contributed by atoms with Crippen LogP contribution < -0.4 is 4.74 Å². The van der Waals surface area contributed by atoms with Gasteiger partial charge in [0.25, 0.3) is 0 Å². The smallest absolute Gasteiger partial charge is 0.306 e. The molecule has 0 spiro atoms. The maximum Gasteiger partial charge on any atom is 0.306 e. The first kappa shape index (κ1) is 13.9. The van der Waals surface area contributed by atoms with E-state index in [2.05, 4.69) is 10.0 Å². The van der Waals surface area contributed by atoms with Crippen molar-refractivity contribution in [3.8, 4) is 5.75 Å². The van der Waals surface area contributed by atoms with E-state index in [-0.39, 0.29) is 19.0 Å². The fourth-order valence-electron chi connectivity index (χ4n) is 1.30. The van der Waals surface area contributed by atoms with Crippen LogP contribution >= 0.6 is 0 Å². The van der Waals surface area contributed by atoms with Crippen molar-refractivity contribution in [3.63, 3.8) is 0 Å². The van der Waals surface area contributed by atoms with Crippen LogP contribution in [-0.2, 0) is 16.1 Å². The minimum Gasteiger partial charge on any atom is -0.497 e. The zero-order valence-corrected chi connectivity index (χ0v) is 10.2. The molecule has 6 nitrogen and oxygen atoms in total. The molecular formula is C12H15N3O3. The summed E-state index contributed by atoms with van der Waals surface area (Å²) in [4.78, 5) is 13.9. The molecule has 0 N–H and O–H groups in total. The standard InChI is InChI=1S/C12H15N3O3/c1-17-11-6-4-10(5-7-11)9-18-12(16)3-2-8-14-15-13/h4-7H,2-3,8-9H2,1H3. The lowest BCUT2D eigenvalue weighted by molar-refractivity contribution is -0.145. The summed E-state index contributed by atoms with van der Waals surface area (Å²) in [5.74, 6) is 0.471. The van der Waals surface area contributed by atoms with Crippen LogP contribution in [0.4, 0.5) is 0 Å². The Kier molecular flexibility index (Phi) is 6.14. The van der Waals surface area contributed by atoms with Crippen molar-refractivity contribution in [1.29, 1.82) is 0 Å². The first-order valence-electron chi connectivity index (χ1n) is 5.55. The number of rotatable bonds is 7. The highest BCUT2D eigenvalue weighted by atomic mass is 16.5. The van der Waals surface area contributed by atoms with Gasteiger partial charge in [0, 0.05) is 17.9 Å². The highest BCUT2D eigenvalue weighted by Gasteiger charge is 2.03. The second kappa shape index (κ2) is 7.97. The first-order chi connectivity index (χ1) is 8.76. The summed E-state index contributed by atoms with van der Waals surface area (Å²) in [6.07, 6.45) is 0.765. The van der Waals surface area contributed by atoms with Gasteiger partial charge in [-0.25, -0.2) is 0 Å². The Balaban J connectivity index is 2.26. The maximum absolute atomic E-state index is 11.3. The van der Waals surface area contributed by atoms with Crippen LogP contribution in [0.25, 0.3) is 10.4 Å². The van der Waals surface area contributed by atoms with Gasteiger partial charge in [0.05, 0.1) is 7.11 Å². The van der Waals surface area contributed by atoms with Crippen LogP contribution in [-0.4, -0.2) is 19.6 Å². The van der Waals surface area contributed by atoms with Crippen LogP contribution in [0.15, 0.2) is 29.4 Å². The summed E-state index contributed by atoms with van der Waals surface area (Å²) in [6, 6.07) is 7.30. The molecule has 0 amide bonds. The van der Waals surface area contributed by atoms with Crippen LogP contribution in [0.1, 0.15) is 18.4 Å². The Morgan fingerprint density at radius 1 is 1.39 bits per heavy atom. The number of esters is 1. The van der Waals surface area contributed by atoms with Gasteiger partial charge in [-0.05, 0) is 29.6 Å². The van der Waals surface area contributed by atoms with E-state index in [1.54, 1.807) is 7.11 Å². The van der Waals surface area contributed by atoms with Crippen molar-refractivity contribution >= 4 is 5.97 Å². The summed E-state index contributed by atoms with van der Waals surface area (Å²) in [6.45, 7) is 0.554. The van der Waals surface area contributed by atoms with E-state index in [0.29, 0.717) is 13.0 Å². The van der Waals surface area contributed by atoms with E-state index in [0.717, 1.165) is 11.3 Å². The second-order valence-corrected chi connectivity index (χ2v) is 3.57. The van der Waals surface area contributed by atoms with E-state index in [1.807, 2.05) is 24.3 Å². The fourth-order valence-corrected chi connectivity index (χ4v) is 1.30. The van der Waals surface area contributed by atoms with Gasteiger partial charge in [-0.3, -0.25) is 4.79 Å². The third-order valence-electron chi connectivity index (χ3n) is 2.26. The van der Waals surface area contributed by atoms with Crippen molar-refractivity contribution in [2.24, 2.45) is 5.11 Å². The average molecular weight is 249 g/mol. The Morgan fingerprint density at radius 3 is 2.72 bits per heavy atom. The van der Waals surface area contributed by atoms with E-state index >= 15 is 0 Å². The summed E-state index contributed by atoms with van der Waals surface area (Å²) in [5.41, 5.74) is 8.96. The monoisotopic (exact) mass is 249 g/mol. The van der Waals surface area contributed by atoms with Gasteiger partial charge in [-0.1, -0.05) is 17.2 Å². The van der Waals surface area contributed by atoms with E-state index < -0.39 is 0 Å². The molecule has 18 heavy (non-hydrogen) atoms. The van der Waals surface area contributed by atoms with Gasteiger partial charge in [-0.2, -0.15) is 0 Å². The Hall–Kier alpha value is -2.20. The molecule has 1 aromatic carbocycles. The highest BCUT2D eigenvalue weighted by molar-refractivity contribution is 5.69. The minimum atomic E-state index is -0.293. The Bertz CT molecular complexity index is 425. The lowest BCUT2D eigenvalue weighted by Gasteiger charge is -2.05. The SMILES string of the molecule is COc1ccc(COC(=O)CCCN=[N+]=[N-])cc1. The molecule has 0 aromatic heterocycles. The molecule has 0 aliphatic rings. The van der Waals surface area contributed by atoms with E-state index in [1.165, 1.54) is 0 Å². The van der Waals surface area contributed by atoms with Crippen LogP contribution in [0.2, 0.25) is 0 Å². The lowest BCUT2D eigenvalue weighted by Crippen LogP contribution is -2.04. The highest BCUT2D eigenvalue weighted by Crippen LogP contribution is 2.12. The molecule has 96 valence electrons. The van der Waals surface area contributed by atoms with Crippen molar-refractivity contribution in [2.75, 3.05) is 13.7 Å². The molecular weight excluding hydrogens is 234 g/mol. The van der Waals surface area contributed by atoms with Crippen molar-refractivity contribution in [3.05, 3.63) is 40.3 Å². The number of methoxy groups -OCH3 is 1. The molecule has 0 radical (unpaired) electrons.